The summed E-state index contributed by atoms with van der Waals surface area (Å²) < 4.78 is 11.5. The number of piperidine rings is 1. The van der Waals surface area contributed by atoms with E-state index in [4.69, 9.17) is 9.47 Å². The standard InChI is InChI=1S/C27H26O2.C5H9N/c1-4-29-27-19(2)9-7-14-25(27)26(21-15-17-22(28-3)18-16-21)24-13-8-11-20-10-5-6-12-23(20)24;1-3-6-4-2-5(1)6/h5-18,26H,4H2,1-3H3;5H,1-4H2. The van der Waals surface area contributed by atoms with Crippen LogP contribution in [0.3, 0.4) is 0 Å². The van der Waals surface area contributed by atoms with Gasteiger partial charge in [-0.2, -0.15) is 0 Å². The Balaban J connectivity index is 0.000000362. The number of nitrogens with zero attached hydrogens (tertiary/aromatic N) is 1. The van der Waals surface area contributed by atoms with Gasteiger partial charge in [-0.05, 0) is 79.4 Å². The first-order valence-electron chi connectivity index (χ1n) is 12.8. The summed E-state index contributed by atoms with van der Waals surface area (Å²) in [5, 5.41) is 2.51. The molecule has 3 nitrogen and oxygen atoms in total. The van der Waals surface area contributed by atoms with Crippen LogP contribution in [-0.2, 0) is 0 Å². The molecule has 6 rings (SSSR count). The summed E-state index contributed by atoms with van der Waals surface area (Å²) in [5.74, 6) is 1.90. The van der Waals surface area contributed by atoms with Crippen molar-refractivity contribution in [2.75, 3.05) is 26.8 Å². The molecular formula is C32H35NO2. The fourth-order valence-electron chi connectivity index (χ4n) is 5.31. The van der Waals surface area contributed by atoms with E-state index in [2.05, 4.69) is 84.6 Å². The second-order valence-electron chi connectivity index (χ2n) is 9.47. The van der Waals surface area contributed by atoms with Crippen molar-refractivity contribution in [1.82, 2.24) is 4.90 Å². The van der Waals surface area contributed by atoms with E-state index >= 15 is 0 Å². The van der Waals surface area contributed by atoms with E-state index in [1.807, 2.05) is 19.1 Å². The highest BCUT2D eigenvalue weighted by Gasteiger charge is 2.34. The first kappa shape index (κ1) is 23.4. The van der Waals surface area contributed by atoms with Crippen molar-refractivity contribution in [2.24, 2.45) is 0 Å². The molecule has 180 valence electrons. The normalized spacial score (nSPS) is 15.7. The van der Waals surface area contributed by atoms with Crippen LogP contribution in [0.1, 0.15) is 47.9 Å². The van der Waals surface area contributed by atoms with E-state index in [1.165, 1.54) is 53.4 Å². The highest BCUT2D eigenvalue weighted by molar-refractivity contribution is 5.87. The smallest absolute Gasteiger partial charge is 0.126 e. The molecule has 2 heterocycles. The predicted octanol–water partition coefficient (Wildman–Crippen LogP) is 7.20. The van der Waals surface area contributed by atoms with Crippen LogP contribution in [0.2, 0.25) is 0 Å². The fourth-order valence-corrected chi connectivity index (χ4v) is 5.31. The van der Waals surface area contributed by atoms with Gasteiger partial charge in [0.25, 0.3) is 0 Å². The minimum Gasteiger partial charge on any atom is -0.497 e. The molecule has 2 aliphatic rings. The number of benzene rings is 4. The quantitative estimate of drug-likeness (QED) is 0.281. The van der Waals surface area contributed by atoms with Crippen LogP contribution in [0.5, 0.6) is 11.5 Å². The lowest BCUT2D eigenvalue weighted by Gasteiger charge is -2.50. The van der Waals surface area contributed by atoms with Gasteiger partial charge >= 0.3 is 0 Å². The number of hydrogen-bond acceptors (Lipinski definition) is 3. The Kier molecular flexibility index (Phi) is 7.06. The van der Waals surface area contributed by atoms with Gasteiger partial charge in [-0.1, -0.05) is 72.8 Å². The average Bonchev–Trinajstić information content (AvgIpc) is 2.89. The monoisotopic (exact) mass is 465 g/mol. The van der Waals surface area contributed by atoms with Crippen molar-refractivity contribution in [3.63, 3.8) is 0 Å². The van der Waals surface area contributed by atoms with E-state index in [1.54, 1.807) is 7.11 Å². The van der Waals surface area contributed by atoms with Crippen LogP contribution in [0.25, 0.3) is 10.8 Å². The Morgan fingerprint density at radius 1 is 0.829 bits per heavy atom. The van der Waals surface area contributed by atoms with Gasteiger partial charge in [0.1, 0.15) is 11.5 Å². The summed E-state index contributed by atoms with van der Waals surface area (Å²) in [7, 11) is 1.70. The molecule has 0 aromatic heterocycles. The van der Waals surface area contributed by atoms with Crippen LogP contribution < -0.4 is 9.47 Å². The summed E-state index contributed by atoms with van der Waals surface area (Å²) in [4.78, 5) is 2.53. The number of ether oxygens (including phenoxy) is 2. The Morgan fingerprint density at radius 3 is 2.11 bits per heavy atom. The molecule has 0 aliphatic carbocycles. The van der Waals surface area contributed by atoms with Crippen molar-refractivity contribution in [1.29, 1.82) is 0 Å². The van der Waals surface area contributed by atoms with Gasteiger partial charge in [-0.3, -0.25) is 0 Å². The Labute approximate surface area is 209 Å². The van der Waals surface area contributed by atoms with Gasteiger partial charge in [-0.15, -0.1) is 0 Å². The van der Waals surface area contributed by atoms with E-state index in [0.717, 1.165) is 23.1 Å². The summed E-state index contributed by atoms with van der Waals surface area (Å²) in [6.45, 7) is 7.58. The van der Waals surface area contributed by atoms with Crippen molar-refractivity contribution in [3.05, 3.63) is 107 Å². The van der Waals surface area contributed by atoms with Gasteiger partial charge in [0, 0.05) is 17.5 Å². The molecule has 2 aliphatic heterocycles. The molecule has 0 bridgehead atoms. The third kappa shape index (κ3) is 4.78. The molecule has 0 radical (unpaired) electrons. The molecule has 3 heteroatoms. The van der Waals surface area contributed by atoms with Gasteiger partial charge in [-0.25, -0.2) is 0 Å². The molecule has 35 heavy (non-hydrogen) atoms. The maximum absolute atomic E-state index is 6.12. The van der Waals surface area contributed by atoms with Gasteiger partial charge < -0.3 is 14.4 Å². The second kappa shape index (κ2) is 10.5. The third-order valence-electron chi connectivity index (χ3n) is 7.44. The number of aryl methyl sites for hydroxylation is 1. The van der Waals surface area contributed by atoms with E-state index in [9.17, 15) is 0 Å². The Morgan fingerprint density at radius 2 is 1.49 bits per heavy atom. The minimum atomic E-state index is 0.0634. The molecule has 1 unspecified atom stereocenters. The lowest BCUT2D eigenvalue weighted by molar-refractivity contribution is -0.00222. The molecular weight excluding hydrogens is 430 g/mol. The number of fused-ring (bicyclic) bond motifs is 2. The number of methoxy groups -OCH3 is 1. The fraction of sp³-hybridized carbons (Fsp3) is 0.312. The number of rotatable bonds is 6. The zero-order valence-corrected chi connectivity index (χ0v) is 21.0. The first-order valence-corrected chi connectivity index (χ1v) is 12.8. The minimum absolute atomic E-state index is 0.0634. The van der Waals surface area contributed by atoms with Crippen molar-refractivity contribution >= 4 is 10.8 Å². The van der Waals surface area contributed by atoms with E-state index in [0.29, 0.717) is 6.61 Å². The predicted molar refractivity (Wildman–Crippen MR) is 145 cm³/mol. The summed E-state index contributed by atoms with van der Waals surface area (Å²) in [6, 6.07) is 31.0. The second-order valence-corrected chi connectivity index (χ2v) is 9.47. The lowest BCUT2D eigenvalue weighted by Crippen LogP contribution is -2.57. The summed E-state index contributed by atoms with van der Waals surface area (Å²) in [5.41, 5.74) is 4.84. The maximum Gasteiger partial charge on any atom is 0.126 e. The Bertz CT molecular complexity index is 1260. The Hall–Kier alpha value is -3.30. The lowest BCUT2D eigenvalue weighted by atomic mass is 9.82. The zero-order chi connectivity index (χ0) is 24.2. The molecule has 2 fully saturated rings. The van der Waals surface area contributed by atoms with Crippen LogP contribution >= 0.6 is 0 Å². The van der Waals surface area contributed by atoms with Crippen molar-refractivity contribution in [3.8, 4) is 11.5 Å². The largest absolute Gasteiger partial charge is 0.497 e. The molecule has 1 atom stereocenters. The molecule has 0 N–H and O–H groups in total. The van der Waals surface area contributed by atoms with Crippen molar-refractivity contribution < 1.29 is 9.47 Å². The third-order valence-corrected chi connectivity index (χ3v) is 7.44. The molecule has 0 spiro atoms. The van der Waals surface area contributed by atoms with E-state index < -0.39 is 0 Å². The van der Waals surface area contributed by atoms with Gasteiger partial charge in [0.15, 0.2) is 0 Å². The van der Waals surface area contributed by atoms with Crippen LogP contribution in [0, 0.1) is 6.92 Å². The first-order chi connectivity index (χ1) is 17.2. The van der Waals surface area contributed by atoms with Crippen LogP contribution in [0.15, 0.2) is 84.9 Å². The number of hydrogen-bond donors (Lipinski definition) is 0. The average molecular weight is 466 g/mol. The summed E-state index contributed by atoms with van der Waals surface area (Å²) >= 11 is 0. The SMILES string of the molecule is C1CN2CCC12.CCOc1c(C)cccc1C(c1ccc(OC)cc1)c1cccc2ccccc12. The molecule has 2 saturated heterocycles. The van der Waals surface area contributed by atoms with Crippen LogP contribution in [0.4, 0.5) is 0 Å². The molecule has 4 aromatic carbocycles. The molecule has 0 saturated carbocycles. The molecule has 4 aromatic rings. The van der Waals surface area contributed by atoms with Crippen LogP contribution in [-0.4, -0.2) is 37.7 Å². The summed E-state index contributed by atoms with van der Waals surface area (Å²) in [6.07, 6.45) is 2.97. The van der Waals surface area contributed by atoms with Gasteiger partial charge in [0.05, 0.1) is 13.7 Å². The molecule has 0 amide bonds. The topological polar surface area (TPSA) is 21.7 Å². The highest BCUT2D eigenvalue weighted by atomic mass is 16.5. The van der Waals surface area contributed by atoms with Gasteiger partial charge in [0.2, 0.25) is 0 Å². The zero-order valence-electron chi connectivity index (χ0n) is 21.0. The maximum atomic E-state index is 6.12. The van der Waals surface area contributed by atoms with Crippen molar-refractivity contribution in [2.45, 2.75) is 38.6 Å². The van der Waals surface area contributed by atoms with E-state index in [-0.39, 0.29) is 5.92 Å². The number of para-hydroxylation sites is 1. The highest BCUT2D eigenvalue weighted by Crippen LogP contribution is 2.41.